The normalized spacial score (nSPS) is 35.7. The summed E-state index contributed by atoms with van der Waals surface area (Å²) in [5.74, 6) is 0.187. The highest BCUT2D eigenvalue weighted by atomic mass is 16.3. The molecule has 0 aromatic heterocycles. The number of piperidine rings is 1. The number of fused-ring (bicyclic) bond motifs is 2. The molecule has 128 valence electrons. The van der Waals surface area contributed by atoms with E-state index in [-0.39, 0.29) is 5.41 Å². The van der Waals surface area contributed by atoms with Crippen molar-refractivity contribution in [2.45, 2.75) is 23.6 Å². The summed E-state index contributed by atoms with van der Waals surface area (Å²) in [5.41, 5.74) is 7.71. The number of nitrogens with two attached hydrogens (primary N) is 1. The summed E-state index contributed by atoms with van der Waals surface area (Å²) in [6.07, 6.45) is 0.565. The first-order valence-electron chi connectivity index (χ1n) is 8.76. The van der Waals surface area contributed by atoms with Crippen LogP contribution in [0.2, 0.25) is 0 Å². The number of carbonyl (C=O) groups is 1. The lowest BCUT2D eigenvalue weighted by atomic mass is 9.77. The summed E-state index contributed by atoms with van der Waals surface area (Å²) in [6, 6.07) is 15.2. The van der Waals surface area contributed by atoms with Gasteiger partial charge < -0.3 is 21.5 Å². The highest BCUT2D eigenvalue weighted by Crippen LogP contribution is 2.57. The van der Waals surface area contributed by atoms with E-state index in [1.54, 1.807) is 12.1 Å². The average molecular weight is 335 g/mol. The number of nitrogens with one attached hydrogen (secondary N) is 2. The van der Waals surface area contributed by atoms with E-state index in [1.807, 2.05) is 30.3 Å². The van der Waals surface area contributed by atoms with Crippen LogP contribution in [0.25, 0.3) is 0 Å². The molecule has 5 nitrogen and oxygen atoms in total. The molecule has 1 amide bonds. The van der Waals surface area contributed by atoms with Gasteiger partial charge in [-0.3, -0.25) is 4.79 Å². The molecule has 2 aromatic carbocycles. The van der Waals surface area contributed by atoms with Crippen LogP contribution in [0.3, 0.4) is 0 Å². The number of carbonyl (C=O) groups excluding carboxylic acids is 1. The molecule has 4 atom stereocenters. The predicted molar refractivity (Wildman–Crippen MR) is 93.6 cm³/mol. The molecule has 3 aliphatic rings. The fourth-order valence-electron chi connectivity index (χ4n) is 4.65. The third-order valence-electron chi connectivity index (χ3n) is 6.22. The Morgan fingerprint density at radius 1 is 1.12 bits per heavy atom. The van der Waals surface area contributed by atoms with Crippen LogP contribution in [0, 0.1) is 5.92 Å². The van der Waals surface area contributed by atoms with Crippen LogP contribution in [0.4, 0.5) is 0 Å². The average Bonchev–Trinajstić information content (AvgIpc) is 3.21. The van der Waals surface area contributed by atoms with Crippen LogP contribution in [-0.2, 0) is 15.8 Å². The van der Waals surface area contributed by atoms with E-state index < -0.39 is 17.7 Å². The number of benzene rings is 2. The van der Waals surface area contributed by atoms with Gasteiger partial charge in [0.25, 0.3) is 5.91 Å². The van der Waals surface area contributed by atoms with Crippen molar-refractivity contribution in [3.63, 3.8) is 0 Å². The van der Waals surface area contributed by atoms with Crippen molar-refractivity contribution >= 4 is 5.91 Å². The molecule has 5 N–H and O–H groups in total. The maximum absolute atomic E-state index is 12.8. The molecule has 0 radical (unpaired) electrons. The second kappa shape index (κ2) is 4.91. The standard InChI is InChI=1S/C20H21N3O2/c21-17-15-7-6-13(19-9-14(19)10-22-11-19)8-16(15)20(25,18(24)23-17)12-4-2-1-3-5-12/h1-8,14,17,22,25H,9-11,21H2,(H,23,24)/t14-,17?,19+,20?/m0/s1. The highest BCUT2D eigenvalue weighted by molar-refractivity contribution is 5.92. The number of hydrogen-bond donors (Lipinski definition) is 4. The van der Waals surface area contributed by atoms with Crippen LogP contribution in [0.15, 0.2) is 48.5 Å². The van der Waals surface area contributed by atoms with Crippen LogP contribution in [0.1, 0.15) is 34.8 Å². The molecule has 2 aromatic rings. The first kappa shape index (κ1) is 15.1. The largest absolute Gasteiger partial charge is 0.372 e. The van der Waals surface area contributed by atoms with Crippen molar-refractivity contribution in [1.82, 2.24) is 10.6 Å². The number of hydrogen-bond acceptors (Lipinski definition) is 4. The fraction of sp³-hybridized carbons (Fsp3) is 0.350. The Kier molecular flexibility index (Phi) is 2.96. The van der Waals surface area contributed by atoms with E-state index in [0.29, 0.717) is 17.0 Å². The van der Waals surface area contributed by atoms with Gasteiger partial charge in [-0.2, -0.15) is 0 Å². The van der Waals surface area contributed by atoms with Crippen LogP contribution >= 0.6 is 0 Å². The molecule has 2 fully saturated rings. The molecule has 5 rings (SSSR count). The summed E-state index contributed by atoms with van der Waals surface area (Å²) in [4.78, 5) is 12.8. The van der Waals surface area contributed by atoms with Gasteiger partial charge in [-0.1, -0.05) is 48.5 Å². The minimum atomic E-state index is -1.71. The lowest BCUT2D eigenvalue weighted by Gasteiger charge is -2.37. The van der Waals surface area contributed by atoms with E-state index in [0.717, 1.165) is 18.7 Å². The highest BCUT2D eigenvalue weighted by Gasteiger charge is 2.58. The number of aliphatic hydroxyl groups is 1. The topological polar surface area (TPSA) is 87.4 Å². The molecular formula is C20H21N3O2. The van der Waals surface area contributed by atoms with Crippen LogP contribution in [-0.4, -0.2) is 24.1 Å². The quantitative estimate of drug-likeness (QED) is 0.656. The van der Waals surface area contributed by atoms with Gasteiger partial charge >= 0.3 is 0 Å². The zero-order valence-corrected chi connectivity index (χ0v) is 13.8. The zero-order chi connectivity index (χ0) is 17.2. The van der Waals surface area contributed by atoms with Gasteiger partial charge in [0.1, 0.15) is 6.17 Å². The molecule has 0 bridgehead atoms. The summed E-state index contributed by atoms with van der Waals surface area (Å²) < 4.78 is 0. The van der Waals surface area contributed by atoms with Crippen molar-refractivity contribution in [3.05, 3.63) is 70.8 Å². The minimum Gasteiger partial charge on any atom is -0.372 e. The Hall–Kier alpha value is -2.21. The monoisotopic (exact) mass is 335 g/mol. The number of amides is 1. The van der Waals surface area contributed by atoms with E-state index in [9.17, 15) is 9.90 Å². The molecule has 2 aliphatic heterocycles. The maximum Gasteiger partial charge on any atom is 0.262 e. The third kappa shape index (κ3) is 1.91. The van der Waals surface area contributed by atoms with Gasteiger partial charge in [-0.25, -0.2) is 0 Å². The molecule has 1 aliphatic carbocycles. The van der Waals surface area contributed by atoms with Crippen LogP contribution in [0.5, 0.6) is 0 Å². The molecule has 2 unspecified atom stereocenters. The van der Waals surface area contributed by atoms with E-state index in [4.69, 9.17) is 5.73 Å². The molecule has 1 saturated heterocycles. The molecule has 5 heteroatoms. The Morgan fingerprint density at radius 2 is 1.92 bits per heavy atom. The second-order valence-electron chi connectivity index (χ2n) is 7.52. The number of rotatable bonds is 2. The van der Waals surface area contributed by atoms with Crippen molar-refractivity contribution in [3.8, 4) is 0 Å². The van der Waals surface area contributed by atoms with Gasteiger partial charge in [0.05, 0.1) is 0 Å². The van der Waals surface area contributed by atoms with Crippen molar-refractivity contribution < 1.29 is 9.90 Å². The molecular weight excluding hydrogens is 314 g/mol. The van der Waals surface area contributed by atoms with Crippen molar-refractivity contribution in [2.75, 3.05) is 13.1 Å². The summed E-state index contributed by atoms with van der Waals surface area (Å²) in [6.45, 7) is 2.00. The first-order chi connectivity index (χ1) is 12.1. The second-order valence-corrected chi connectivity index (χ2v) is 7.52. The van der Waals surface area contributed by atoms with Gasteiger partial charge in [-0.15, -0.1) is 0 Å². The van der Waals surface area contributed by atoms with Gasteiger partial charge in [0.2, 0.25) is 0 Å². The zero-order valence-electron chi connectivity index (χ0n) is 13.8. The van der Waals surface area contributed by atoms with Crippen molar-refractivity contribution in [2.24, 2.45) is 11.7 Å². The van der Waals surface area contributed by atoms with E-state index >= 15 is 0 Å². The Balaban J connectivity index is 1.70. The third-order valence-corrected chi connectivity index (χ3v) is 6.22. The van der Waals surface area contributed by atoms with Gasteiger partial charge in [-0.05, 0) is 35.6 Å². The lowest BCUT2D eigenvalue weighted by molar-refractivity contribution is -0.138. The first-order valence-corrected chi connectivity index (χ1v) is 8.76. The molecule has 0 spiro atoms. The Bertz CT molecular complexity index is 868. The van der Waals surface area contributed by atoms with E-state index in [1.165, 1.54) is 12.0 Å². The van der Waals surface area contributed by atoms with Gasteiger partial charge in [0.15, 0.2) is 5.60 Å². The Morgan fingerprint density at radius 3 is 2.60 bits per heavy atom. The molecule has 1 saturated carbocycles. The predicted octanol–water partition coefficient (Wildman–Crippen LogP) is 0.870. The van der Waals surface area contributed by atoms with Crippen LogP contribution < -0.4 is 16.4 Å². The smallest absolute Gasteiger partial charge is 0.262 e. The fourth-order valence-corrected chi connectivity index (χ4v) is 4.65. The molecule has 25 heavy (non-hydrogen) atoms. The molecule has 2 heterocycles. The summed E-state index contributed by atoms with van der Waals surface area (Å²) >= 11 is 0. The lowest BCUT2D eigenvalue weighted by Crippen LogP contribution is -2.53. The Labute approximate surface area is 146 Å². The van der Waals surface area contributed by atoms with Gasteiger partial charge in [0, 0.05) is 17.5 Å². The summed E-state index contributed by atoms with van der Waals surface area (Å²) in [5, 5.41) is 17.6. The summed E-state index contributed by atoms with van der Waals surface area (Å²) in [7, 11) is 0. The van der Waals surface area contributed by atoms with Crippen molar-refractivity contribution in [1.29, 1.82) is 0 Å². The minimum absolute atomic E-state index is 0.157. The SMILES string of the molecule is NC1NC(=O)C(O)(c2ccccc2)c2cc([C@@]34CNC[C@@H]3C4)ccc21. The maximum atomic E-state index is 12.8. The van der Waals surface area contributed by atoms with E-state index in [2.05, 4.69) is 16.7 Å².